The standard InChI is InChI=1S/C15H12ClF4N/c1-21-15(6-8-10(16)3-2-4-11(8)17)9-5-13(19)14(20)7-12(9)18/h2-5,7,15,21H,6H2,1H3. The summed E-state index contributed by atoms with van der Waals surface area (Å²) in [5, 5.41) is 2.95. The lowest BCUT2D eigenvalue weighted by Crippen LogP contribution is -2.21. The molecular weight excluding hydrogens is 306 g/mol. The summed E-state index contributed by atoms with van der Waals surface area (Å²) >= 11 is 5.92. The minimum Gasteiger partial charge on any atom is -0.313 e. The van der Waals surface area contributed by atoms with Crippen LogP contribution < -0.4 is 5.32 Å². The molecule has 0 aromatic heterocycles. The fraction of sp³-hybridized carbons (Fsp3) is 0.200. The third-order valence-corrected chi connectivity index (χ3v) is 3.59. The molecule has 1 atom stereocenters. The molecule has 0 aliphatic rings. The van der Waals surface area contributed by atoms with Gasteiger partial charge in [0.2, 0.25) is 0 Å². The first-order valence-electron chi connectivity index (χ1n) is 6.18. The van der Waals surface area contributed by atoms with Crippen LogP contribution in [0.1, 0.15) is 17.2 Å². The second-order valence-corrected chi connectivity index (χ2v) is 4.94. The van der Waals surface area contributed by atoms with Gasteiger partial charge in [0.1, 0.15) is 11.6 Å². The van der Waals surface area contributed by atoms with Crippen LogP contribution in [-0.2, 0) is 6.42 Å². The maximum Gasteiger partial charge on any atom is 0.161 e. The predicted molar refractivity (Wildman–Crippen MR) is 73.2 cm³/mol. The molecule has 0 amide bonds. The number of halogens is 5. The van der Waals surface area contributed by atoms with Crippen LogP contribution in [0.25, 0.3) is 0 Å². The Morgan fingerprint density at radius 3 is 2.29 bits per heavy atom. The minimum absolute atomic E-state index is 0.00397. The molecular formula is C15H12ClF4N. The molecule has 0 aliphatic heterocycles. The Hall–Kier alpha value is -1.59. The van der Waals surface area contributed by atoms with Crippen LogP contribution in [0.15, 0.2) is 30.3 Å². The lowest BCUT2D eigenvalue weighted by atomic mass is 9.98. The molecule has 1 unspecified atom stereocenters. The predicted octanol–water partition coefficient (Wildman–Crippen LogP) is 4.40. The van der Waals surface area contributed by atoms with Crippen molar-refractivity contribution in [2.24, 2.45) is 0 Å². The normalized spacial score (nSPS) is 12.5. The lowest BCUT2D eigenvalue weighted by molar-refractivity contribution is 0.472. The summed E-state index contributed by atoms with van der Waals surface area (Å²) in [6, 6.07) is 4.69. The average molecular weight is 318 g/mol. The van der Waals surface area contributed by atoms with Crippen molar-refractivity contribution in [3.05, 3.63) is 69.8 Å². The Bertz CT molecular complexity index is 640. The highest BCUT2D eigenvalue weighted by molar-refractivity contribution is 6.31. The second-order valence-electron chi connectivity index (χ2n) is 4.53. The number of hydrogen-bond donors (Lipinski definition) is 1. The first-order valence-corrected chi connectivity index (χ1v) is 6.56. The first-order chi connectivity index (χ1) is 9.93. The van der Waals surface area contributed by atoms with Crippen LogP contribution in [0.2, 0.25) is 5.02 Å². The summed E-state index contributed by atoms with van der Waals surface area (Å²) in [5.41, 5.74) is 0.0957. The number of likely N-dealkylation sites (N-methyl/N-ethyl adjacent to an activating group) is 1. The molecule has 112 valence electrons. The Labute approximate surface area is 124 Å². The Balaban J connectivity index is 2.39. The highest BCUT2D eigenvalue weighted by atomic mass is 35.5. The summed E-state index contributed by atoms with van der Waals surface area (Å²) in [6.07, 6.45) is 0.00397. The summed E-state index contributed by atoms with van der Waals surface area (Å²) < 4.78 is 53.8. The van der Waals surface area contributed by atoms with Crippen LogP contribution in [0.3, 0.4) is 0 Å². The number of nitrogens with one attached hydrogen (secondary N) is 1. The molecule has 0 radical (unpaired) electrons. The Morgan fingerprint density at radius 1 is 1.00 bits per heavy atom. The molecule has 1 N–H and O–H groups in total. The molecule has 0 aliphatic carbocycles. The van der Waals surface area contributed by atoms with Crippen molar-refractivity contribution in [3.8, 4) is 0 Å². The molecule has 2 aromatic carbocycles. The largest absolute Gasteiger partial charge is 0.313 e. The van der Waals surface area contributed by atoms with E-state index in [-0.39, 0.29) is 22.6 Å². The zero-order valence-corrected chi connectivity index (χ0v) is 11.8. The monoisotopic (exact) mass is 317 g/mol. The summed E-state index contributed by atoms with van der Waals surface area (Å²) in [7, 11) is 1.51. The van der Waals surface area contributed by atoms with E-state index in [4.69, 9.17) is 11.6 Å². The molecule has 1 nitrogen and oxygen atoms in total. The summed E-state index contributed by atoms with van der Waals surface area (Å²) in [6.45, 7) is 0. The zero-order chi connectivity index (χ0) is 15.6. The van der Waals surface area contributed by atoms with E-state index in [2.05, 4.69) is 5.32 Å². The van der Waals surface area contributed by atoms with Crippen LogP contribution in [0, 0.1) is 23.3 Å². The summed E-state index contributed by atoms with van der Waals surface area (Å²) in [5.74, 6) is -3.87. The van der Waals surface area contributed by atoms with Crippen molar-refractivity contribution in [2.75, 3.05) is 7.05 Å². The van der Waals surface area contributed by atoms with Gasteiger partial charge in [-0.3, -0.25) is 0 Å². The van der Waals surface area contributed by atoms with Gasteiger partial charge in [-0.1, -0.05) is 17.7 Å². The quantitative estimate of drug-likeness (QED) is 0.651. The van der Waals surface area contributed by atoms with E-state index in [0.717, 1.165) is 6.07 Å². The van der Waals surface area contributed by atoms with Crippen molar-refractivity contribution < 1.29 is 17.6 Å². The van der Waals surface area contributed by atoms with Gasteiger partial charge in [-0.2, -0.15) is 0 Å². The fourth-order valence-electron chi connectivity index (χ4n) is 2.10. The van der Waals surface area contributed by atoms with Gasteiger partial charge in [0, 0.05) is 28.3 Å². The van der Waals surface area contributed by atoms with Crippen molar-refractivity contribution >= 4 is 11.6 Å². The van der Waals surface area contributed by atoms with Gasteiger partial charge in [-0.15, -0.1) is 0 Å². The van der Waals surface area contributed by atoms with E-state index in [1.54, 1.807) is 0 Å². The van der Waals surface area contributed by atoms with Crippen LogP contribution >= 0.6 is 11.6 Å². The van der Waals surface area contributed by atoms with Crippen molar-refractivity contribution in [1.29, 1.82) is 0 Å². The van der Waals surface area contributed by atoms with Gasteiger partial charge in [0.05, 0.1) is 0 Å². The van der Waals surface area contributed by atoms with Gasteiger partial charge in [-0.25, -0.2) is 17.6 Å². The van der Waals surface area contributed by atoms with Gasteiger partial charge in [-0.05, 0) is 31.7 Å². The maximum absolute atomic E-state index is 13.8. The number of benzene rings is 2. The third-order valence-electron chi connectivity index (χ3n) is 3.23. The Morgan fingerprint density at radius 2 is 1.67 bits per heavy atom. The topological polar surface area (TPSA) is 12.0 Å². The highest BCUT2D eigenvalue weighted by Crippen LogP contribution is 2.28. The fourth-order valence-corrected chi connectivity index (χ4v) is 2.34. The van der Waals surface area contributed by atoms with E-state index in [9.17, 15) is 17.6 Å². The lowest BCUT2D eigenvalue weighted by Gasteiger charge is -2.19. The number of rotatable bonds is 4. The van der Waals surface area contributed by atoms with Gasteiger partial charge in [0.15, 0.2) is 11.6 Å². The van der Waals surface area contributed by atoms with Crippen molar-refractivity contribution in [3.63, 3.8) is 0 Å². The molecule has 2 aromatic rings. The minimum atomic E-state index is -1.27. The van der Waals surface area contributed by atoms with Crippen molar-refractivity contribution in [2.45, 2.75) is 12.5 Å². The molecule has 6 heteroatoms. The zero-order valence-electron chi connectivity index (χ0n) is 11.1. The molecule has 0 fully saturated rings. The van der Waals surface area contributed by atoms with E-state index in [0.29, 0.717) is 6.07 Å². The molecule has 2 rings (SSSR count). The van der Waals surface area contributed by atoms with E-state index >= 15 is 0 Å². The molecule has 0 saturated carbocycles. The maximum atomic E-state index is 13.8. The molecule has 0 bridgehead atoms. The second kappa shape index (κ2) is 6.45. The molecule has 0 heterocycles. The SMILES string of the molecule is CNC(Cc1c(F)cccc1Cl)c1cc(F)c(F)cc1F. The first kappa shape index (κ1) is 15.8. The van der Waals surface area contributed by atoms with Crippen LogP contribution in [-0.4, -0.2) is 7.05 Å². The van der Waals surface area contributed by atoms with E-state index in [1.165, 1.54) is 25.2 Å². The van der Waals surface area contributed by atoms with Crippen LogP contribution in [0.4, 0.5) is 17.6 Å². The highest BCUT2D eigenvalue weighted by Gasteiger charge is 2.20. The van der Waals surface area contributed by atoms with Gasteiger partial charge < -0.3 is 5.32 Å². The molecule has 21 heavy (non-hydrogen) atoms. The third kappa shape index (κ3) is 3.36. The Kier molecular flexibility index (Phi) is 4.85. The smallest absolute Gasteiger partial charge is 0.161 e. The van der Waals surface area contributed by atoms with E-state index < -0.39 is 29.3 Å². The van der Waals surface area contributed by atoms with E-state index in [1.807, 2.05) is 0 Å². The summed E-state index contributed by atoms with van der Waals surface area (Å²) in [4.78, 5) is 0. The molecule has 0 spiro atoms. The molecule has 0 saturated heterocycles. The van der Waals surface area contributed by atoms with Gasteiger partial charge in [0.25, 0.3) is 0 Å². The average Bonchev–Trinajstić information content (AvgIpc) is 2.43. The van der Waals surface area contributed by atoms with Crippen LogP contribution in [0.5, 0.6) is 0 Å². The van der Waals surface area contributed by atoms with Crippen molar-refractivity contribution in [1.82, 2.24) is 5.32 Å². The number of hydrogen-bond acceptors (Lipinski definition) is 1. The van der Waals surface area contributed by atoms with Gasteiger partial charge >= 0.3 is 0 Å².